The zero-order valence-electron chi connectivity index (χ0n) is 12.9. The first-order valence-electron chi connectivity index (χ1n) is 7.08. The number of fused-ring (bicyclic) bond motifs is 3. The average Bonchev–Trinajstić information content (AvgIpc) is 2.79. The molecule has 0 amide bonds. The number of aryl methyl sites for hydroxylation is 2. The Hall–Kier alpha value is -1.83. The summed E-state index contributed by atoms with van der Waals surface area (Å²) < 4.78 is 2.22. The third kappa shape index (κ3) is 2.62. The Morgan fingerprint density at radius 1 is 0.947 bits per heavy atom. The van der Waals surface area contributed by atoms with E-state index in [1.807, 2.05) is 40.0 Å². The van der Waals surface area contributed by atoms with E-state index >= 15 is 0 Å². The molecule has 1 aromatic carbocycles. The van der Waals surface area contributed by atoms with Crippen LogP contribution in [0.1, 0.15) is 33.3 Å². The summed E-state index contributed by atoms with van der Waals surface area (Å²) in [6.07, 6.45) is 1.85. The maximum Gasteiger partial charge on any atom is 0.0959 e. The van der Waals surface area contributed by atoms with Crippen LogP contribution in [0.15, 0.2) is 36.5 Å². The Kier molecular flexibility index (Phi) is 5.56. The summed E-state index contributed by atoms with van der Waals surface area (Å²) in [7, 11) is 2.10. The number of benzene rings is 1. The molecule has 102 valence electrons. The van der Waals surface area contributed by atoms with E-state index < -0.39 is 0 Å². The zero-order valence-corrected chi connectivity index (χ0v) is 12.9. The first-order valence-corrected chi connectivity index (χ1v) is 7.08. The lowest BCUT2D eigenvalue weighted by atomic mass is 10.1. The molecule has 0 aliphatic rings. The Bertz CT molecular complexity index is 651. The van der Waals surface area contributed by atoms with Gasteiger partial charge in [-0.25, -0.2) is 0 Å². The monoisotopic (exact) mass is 256 g/mol. The average molecular weight is 256 g/mol. The van der Waals surface area contributed by atoms with Gasteiger partial charge in [-0.3, -0.25) is 4.98 Å². The van der Waals surface area contributed by atoms with E-state index in [0.29, 0.717) is 0 Å². The van der Waals surface area contributed by atoms with Gasteiger partial charge in [0.1, 0.15) is 0 Å². The number of pyridine rings is 1. The van der Waals surface area contributed by atoms with Crippen LogP contribution in [0.25, 0.3) is 21.9 Å². The minimum absolute atomic E-state index is 1.10. The predicted octanol–water partition coefficient (Wildman–Crippen LogP) is 5.09. The summed E-state index contributed by atoms with van der Waals surface area (Å²) in [5.74, 6) is 0. The molecule has 0 unspecified atom stereocenters. The Morgan fingerprint density at radius 3 is 2.32 bits per heavy atom. The van der Waals surface area contributed by atoms with Gasteiger partial charge in [-0.15, -0.1) is 0 Å². The fourth-order valence-corrected chi connectivity index (χ4v) is 2.29. The second-order valence-electron chi connectivity index (χ2n) is 3.90. The second-order valence-corrected chi connectivity index (χ2v) is 3.90. The van der Waals surface area contributed by atoms with Gasteiger partial charge in [-0.05, 0) is 24.6 Å². The maximum absolute atomic E-state index is 4.45. The molecule has 2 heteroatoms. The van der Waals surface area contributed by atoms with Gasteiger partial charge in [-0.1, -0.05) is 45.9 Å². The lowest BCUT2D eigenvalue weighted by Crippen LogP contribution is -1.88. The van der Waals surface area contributed by atoms with Crippen molar-refractivity contribution in [3.05, 3.63) is 42.1 Å². The van der Waals surface area contributed by atoms with Crippen LogP contribution in [0, 0.1) is 6.92 Å². The molecule has 2 aromatic heterocycles. The van der Waals surface area contributed by atoms with Crippen molar-refractivity contribution in [1.29, 1.82) is 0 Å². The van der Waals surface area contributed by atoms with Crippen molar-refractivity contribution < 1.29 is 0 Å². The number of para-hydroxylation sites is 1. The van der Waals surface area contributed by atoms with Gasteiger partial charge in [0.05, 0.1) is 16.6 Å². The highest BCUT2D eigenvalue weighted by Gasteiger charge is 2.09. The van der Waals surface area contributed by atoms with Crippen LogP contribution in [0.3, 0.4) is 0 Å². The number of hydrogen-bond acceptors (Lipinski definition) is 1. The van der Waals surface area contributed by atoms with Crippen molar-refractivity contribution in [2.75, 3.05) is 0 Å². The first-order chi connectivity index (χ1) is 9.29. The molecular weight excluding hydrogens is 232 g/mol. The molecule has 0 atom stereocenters. The van der Waals surface area contributed by atoms with Gasteiger partial charge < -0.3 is 4.57 Å². The normalized spacial score (nSPS) is 9.58. The molecule has 19 heavy (non-hydrogen) atoms. The zero-order chi connectivity index (χ0) is 14.4. The molecule has 0 N–H and O–H groups in total. The molecule has 2 nitrogen and oxygen atoms in total. The van der Waals surface area contributed by atoms with Crippen LogP contribution in [0.4, 0.5) is 0 Å². The molecule has 0 bridgehead atoms. The molecule has 0 aliphatic carbocycles. The van der Waals surface area contributed by atoms with Crippen LogP contribution >= 0.6 is 0 Å². The van der Waals surface area contributed by atoms with Crippen molar-refractivity contribution in [3.8, 4) is 0 Å². The van der Waals surface area contributed by atoms with E-state index in [0.717, 1.165) is 5.52 Å². The smallest absolute Gasteiger partial charge is 0.0959 e. The van der Waals surface area contributed by atoms with Crippen LogP contribution < -0.4 is 0 Å². The lowest BCUT2D eigenvalue weighted by molar-refractivity contribution is 1.01. The van der Waals surface area contributed by atoms with Crippen LogP contribution in [0.2, 0.25) is 0 Å². The Labute approximate surface area is 116 Å². The number of rotatable bonds is 0. The predicted molar refractivity (Wildman–Crippen MR) is 85.7 cm³/mol. The van der Waals surface area contributed by atoms with Gasteiger partial charge in [0.2, 0.25) is 0 Å². The summed E-state index contributed by atoms with van der Waals surface area (Å²) in [5.41, 5.74) is 4.87. The molecule has 3 aromatic rings. The SMILES string of the molecule is CC.CC.Cc1cccc2c3ncccc3n(C)c12. The molecule has 0 aliphatic heterocycles. The van der Waals surface area contributed by atoms with Gasteiger partial charge in [0.25, 0.3) is 0 Å². The first kappa shape index (κ1) is 15.2. The summed E-state index contributed by atoms with van der Waals surface area (Å²) >= 11 is 0. The quantitative estimate of drug-likeness (QED) is 0.548. The van der Waals surface area contributed by atoms with Crippen molar-refractivity contribution >= 4 is 21.9 Å². The summed E-state index contributed by atoms with van der Waals surface area (Å²) in [6, 6.07) is 10.5. The molecular formula is C17H24N2. The molecule has 0 radical (unpaired) electrons. The fourth-order valence-electron chi connectivity index (χ4n) is 2.29. The van der Waals surface area contributed by atoms with Crippen molar-refractivity contribution in [2.24, 2.45) is 7.05 Å². The largest absolute Gasteiger partial charge is 0.342 e. The van der Waals surface area contributed by atoms with E-state index in [-0.39, 0.29) is 0 Å². The van der Waals surface area contributed by atoms with Gasteiger partial charge in [-0.2, -0.15) is 0 Å². The van der Waals surface area contributed by atoms with Crippen molar-refractivity contribution in [1.82, 2.24) is 9.55 Å². The number of nitrogens with zero attached hydrogens (tertiary/aromatic N) is 2. The van der Waals surface area contributed by atoms with E-state index in [4.69, 9.17) is 0 Å². The highest BCUT2D eigenvalue weighted by molar-refractivity contribution is 6.06. The van der Waals surface area contributed by atoms with E-state index in [2.05, 4.69) is 47.8 Å². The van der Waals surface area contributed by atoms with Crippen LogP contribution in [0.5, 0.6) is 0 Å². The third-order valence-corrected chi connectivity index (χ3v) is 2.98. The minimum atomic E-state index is 1.10. The molecule has 0 saturated heterocycles. The van der Waals surface area contributed by atoms with Crippen LogP contribution in [-0.2, 0) is 7.05 Å². The summed E-state index contributed by atoms with van der Waals surface area (Å²) in [6.45, 7) is 10.1. The van der Waals surface area contributed by atoms with Crippen LogP contribution in [-0.4, -0.2) is 9.55 Å². The maximum atomic E-state index is 4.45. The molecule has 0 spiro atoms. The Morgan fingerprint density at radius 2 is 1.63 bits per heavy atom. The third-order valence-electron chi connectivity index (χ3n) is 2.98. The second kappa shape index (κ2) is 6.93. The summed E-state index contributed by atoms with van der Waals surface area (Å²) in [4.78, 5) is 4.45. The highest BCUT2D eigenvalue weighted by atomic mass is 15.0. The van der Waals surface area contributed by atoms with Gasteiger partial charge in [0.15, 0.2) is 0 Å². The topological polar surface area (TPSA) is 17.8 Å². The molecule has 0 saturated carbocycles. The molecule has 2 heterocycles. The number of aromatic nitrogens is 2. The van der Waals surface area contributed by atoms with Crippen molar-refractivity contribution in [3.63, 3.8) is 0 Å². The van der Waals surface area contributed by atoms with E-state index in [9.17, 15) is 0 Å². The minimum Gasteiger partial charge on any atom is -0.342 e. The number of hydrogen-bond donors (Lipinski definition) is 0. The fraction of sp³-hybridized carbons (Fsp3) is 0.353. The lowest BCUT2D eigenvalue weighted by Gasteiger charge is -2.00. The Balaban J connectivity index is 0.000000415. The highest BCUT2D eigenvalue weighted by Crippen LogP contribution is 2.27. The van der Waals surface area contributed by atoms with E-state index in [1.54, 1.807) is 0 Å². The summed E-state index contributed by atoms with van der Waals surface area (Å²) in [5, 5.41) is 1.24. The van der Waals surface area contributed by atoms with E-state index in [1.165, 1.54) is 22.0 Å². The molecule has 3 rings (SSSR count). The molecule has 0 fully saturated rings. The van der Waals surface area contributed by atoms with Gasteiger partial charge in [0, 0.05) is 18.6 Å². The van der Waals surface area contributed by atoms with Gasteiger partial charge >= 0.3 is 0 Å². The standard InChI is InChI=1S/C13H12N2.2C2H6/c1-9-5-3-6-10-12-11(7-4-8-14-12)15(2)13(9)10;2*1-2/h3-8H,1-2H3;2*1-2H3. The van der Waals surface area contributed by atoms with Crippen molar-refractivity contribution in [2.45, 2.75) is 34.6 Å².